The van der Waals surface area contributed by atoms with Crippen LogP contribution in [0.4, 0.5) is 0 Å². The minimum Gasteiger partial charge on any atom is -0.480 e. The number of carbonyl (C=O) groups excluding carboxylic acids is 3. The highest BCUT2D eigenvalue weighted by molar-refractivity contribution is 6.12. The third-order valence-corrected chi connectivity index (χ3v) is 2.84. The van der Waals surface area contributed by atoms with Crippen molar-refractivity contribution < 1.29 is 24.3 Å². The number of hydrogen-bond donors (Lipinski definition) is 3. The lowest BCUT2D eigenvalue weighted by atomic mass is 10.1. The van der Waals surface area contributed by atoms with Gasteiger partial charge in [-0.3, -0.25) is 19.3 Å². The molecule has 0 saturated heterocycles. The standard InChI is InChI=1S/C12H17N3O5/c13-7-9(16)14-8(12(19)20)3-1-2-6-15-10(17)4-5-11(15)18/h4-5,8H,1-3,6-7,13H2,(H,14,16)(H,19,20)/t8-/m0/s1. The van der Waals surface area contributed by atoms with Crippen LogP contribution in [0, 0.1) is 0 Å². The zero-order valence-corrected chi connectivity index (χ0v) is 10.9. The maximum atomic E-state index is 11.3. The smallest absolute Gasteiger partial charge is 0.326 e. The number of unbranched alkanes of at least 4 members (excludes halogenated alkanes) is 1. The highest BCUT2D eigenvalue weighted by Crippen LogP contribution is 2.08. The largest absolute Gasteiger partial charge is 0.480 e. The number of carbonyl (C=O) groups is 4. The summed E-state index contributed by atoms with van der Waals surface area (Å²) in [4.78, 5) is 45.6. The predicted octanol–water partition coefficient (Wildman–Crippen LogP) is -1.39. The van der Waals surface area contributed by atoms with E-state index in [9.17, 15) is 19.2 Å². The molecule has 1 rings (SSSR count). The van der Waals surface area contributed by atoms with E-state index in [0.29, 0.717) is 12.8 Å². The van der Waals surface area contributed by atoms with Crippen molar-refractivity contribution >= 4 is 23.7 Å². The molecule has 0 fully saturated rings. The van der Waals surface area contributed by atoms with Gasteiger partial charge >= 0.3 is 5.97 Å². The van der Waals surface area contributed by atoms with Crippen LogP contribution in [0.5, 0.6) is 0 Å². The molecule has 4 N–H and O–H groups in total. The van der Waals surface area contributed by atoms with E-state index in [2.05, 4.69) is 5.32 Å². The van der Waals surface area contributed by atoms with Crippen LogP contribution in [0.15, 0.2) is 12.2 Å². The van der Waals surface area contributed by atoms with Gasteiger partial charge in [-0.2, -0.15) is 0 Å². The fourth-order valence-electron chi connectivity index (χ4n) is 1.78. The van der Waals surface area contributed by atoms with Crippen molar-refractivity contribution in [2.45, 2.75) is 25.3 Å². The van der Waals surface area contributed by atoms with Gasteiger partial charge in [-0.25, -0.2) is 4.79 Å². The van der Waals surface area contributed by atoms with E-state index in [1.807, 2.05) is 0 Å². The van der Waals surface area contributed by atoms with E-state index < -0.39 is 17.9 Å². The second kappa shape index (κ2) is 7.39. The highest BCUT2D eigenvalue weighted by Gasteiger charge is 2.23. The van der Waals surface area contributed by atoms with Gasteiger partial charge in [0, 0.05) is 18.7 Å². The number of amides is 3. The number of imide groups is 1. The van der Waals surface area contributed by atoms with Crippen molar-refractivity contribution in [3.05, 3.63) is 12.2 Å². The molecular formula is C12H17N3O5. The Kier molecular flexibility index (Phi) is 5.85. The Morgan fingerprint density at radius 3 is 2.35 bits per heavy atom. The molecule has 0 radical (unpaired) electrons. The SMILES string of the molecule is NCC(=O)N[C@@H](CCCCN1C(=O)C=CC1=O)C(=O)O. The molecule has 8 heteroatoms. The minimum absolute atomic E-state index is 0.213. The van der Waals surface area contributed by atoms with E-state index in [1.54, 1.807) is 0 Å². The lowest BCUT2D eigenvalue weighted by Crippen LogP contribution is -2.43. The van der Waals surface area contributed by atoms with Gasteiger partial charge in [-0.05, 0) is 19.3 Å². The summed E-state index contributed by atoms with van der Waals surface area (Å²) in [5.74, 6) is -2.39. The normalized spacial score (nSPS) is 15.6. The zero-order valence-electron chi connectivity index (χ0n) is 10.9. The first-order valence-electron chi connectivity index (χ1n) is 6.21. The predicted molar refractivity (Wildman–Crippen MR) is 68.3 cm³/mol. The molecule has 0 aromatic carbocycles. The minimum atomic E-state index is -1.14. The van der Waals surface area contributed by atoms with E-state index in [0.717, 1.165) is 4.90 Å². The molecule has 0 aliphatic carbocycles. The first-order chi connectivity index (χ1) is 9.45. The van der Waals surface area contributed by atoms with Crippen LogP contribution in [0.3, 0.4) is 0 Å². The lowest BCUT2D eigenvalue weighted by Gasteiger charge is -2.16. The second-order valence-electron chi connectivity index (χ2n) is 4.32. The van der Waals surface area contributed by atoms with Crippen molar-refractivity contribution in [1.29, 1.82) is 0 Å². The average Bonchev–Trinajstić information content (AvgIpc) is 2.72. The number of carboxylic acids is 1. The van der Waals surface area contributed by atoms with E-state index in [4.69, 9.17) is 10.8 Å². The van der Waals surface area contributed by atoms with Gasteiger partial charge in [0.15, 0.2) is 0 Å². The molecule has 1 aliphatic heterocycles. The summed E-state index contributed by atoms with van der Waals surface area (Å²) in [6.07, 6.45) is 3.54. The summed E-state index contributed by atoms with van der Waals surface area (Å²) in [6.45, 7) is -0.0337. The molecule has 20 heavy (non-hydrogen) atoms. The summed E-state index contributed by atoms with van der Waals surface area (Å²) in [6, 6.07) is -1.01. The van der Waals surface area contributed by atoms with Gasteiger partial charge in [0.2, 0.25) is 5.91 Å². The molecule has 0 bridgehead atoms. The van der Waals surface area contributed by atoms with Gasteiger partial charge in [0.1, 0.15) is 6.04 Å². The molecule has 1 aliphatic rings. The van der Waals surface area contributed by atoms with E-state index in [1.165, 1.54) is 12.2 Å². The third kappa shape index (κ3) is 4.47. The number of rotatable bonds is 8. The molecule has 0 aromatic rings. The summed E-state index contributed by atoms with van der Waals surface area (Å²) in [7, 11) is 0. The van der Waals surface area contributed by atoms with Crippen LogP contribution in [0.2, 0.25) is 0 Å². The molecule has 0 unspecified atom stereocenters. The van der Waals surface area contributed by atoms with E-state index >= 15 is 0 Å². The van der Waals surface area contributed by atoms with Crippen molar-refractivity contribution in [2.75, 3.05) is 13.1 Å². The third-order valence-electron chi connectivity index (χ3n) is 2.84. The second-order valence-corrected chi connectivity index (χ2v) is 4.32. The summed E-state index contributed by atoms with van der Waals surface area (Å²) < 4.78 is 0. The Morgan fingerprint density at radius 2 is 1.85 bits per heavy atom. The number of aliphatic carboxylic acids is 1. The van der Waals surface area contributed by atoms with Gasteiger partial charge in [-0.15, -0.1) is 0 Å². The first-order valence-corrected chi connectivity index (χ1v) is 6.21. The van der Waals surface area contributed by atoms with Gasteiger partial charge in [-0.1, -0.05) is 0 Å². The lowest BCUT2D eigenvalue weighted by molar-refractivity contribution is -0.142. The monoisotopic (exact) mass is 283 g/mol. The maximum absolute atomic E-state index is 11.3. The highest BCUT2D eigenvalue weighted by atomic mass is 16.4. The van der Waals surface area contributed by atoms with Crippen LogP contribution in [-0.2, 0) is 19.2 Å². The number of nitrogens with one attached hydrogen (secondary N) is 1. The Labute approximate surface area is 115 Å². The fourth-order valence-corrected chi connectivity index (χ4v) is 1.78. The van der Waals surface area contributed by atoms with Crippen molar-refractivity contribution in [2.24, 2.45) is 5.73 Å². The Morgan fingerprint density at radius 1 is 1.25 bits per heavy atom. The molecule has 1 heterocycles. The van der Waals surface area contributed by atoms with Crippen molar-refractivity contribution in [1.82, 2.24) is 10.2 Å². The molecule has 110 valence electrons. The molecule has 0 aromatic heterocycles. The first kappa shape index (κ1) is 15.8. The molecular weight excluding hydrogens is 266 g/mol. The van der Waals surface area contributed by atoms with Crippen LogP contribution in [-0.4, -0.2) is 52.8 Å². The Balaban J connectivity index is 2.31. The molecule has 3 amide bonds. The fraction of sp³-hybridized carbons (Fsp3) is 0.500. The number of nitrogens with zero attached hydrogens (tertiary/aromatic N) is 1. The quantitative estimate of drug-likeness (QED) is 0.371. The number of carboxylic acid groups (broad SMARTS) is 1. The van der Waals surface area contributed by atoms with Crippen molar-refractivity contribution in [3.8, 4) is 0 Å². The summed E-state index contributed by atoms with van der Waals surface area (Å²) in [5, 5.41) is 11.2. The maximum Gasteiger partial charge on any atom is 0.326 e. The Bertz CT molecular complexity index is 428. The van der Waals surface area contributed by atoms with Crippen molar-refractivity contribution in [3.63, 3.8) is 0 Å². The van der Waals surface area contributed by atoms with Gasteiger partial charge in [0.05, 0.1) is 6.54 Å². The van der Waals surface area contributed by atoms with Crippen LogP contribution < -0.4 is 11.1 Å². The van der Waals surface area contributed by atoms with E-state index in [-0.39, 0.29) is 31.3 Å². The molecule has 1 atom stereocenters. The number of hydrogen-bond acceptors (Lipinski definition) is 5. The molecule has 8 nitrogen and oxygen atoms in total. The van der Waals surface area contributed by atoms with Crippen LogP contribution >= 0.6 is 0 Å². The molecule has 0 saturated carbocycles. The van der Waals surface area contributed by atoms with Gasteiger partial charge < -0.3 is 16.2 Å². The zero-order chi connectivity index (χ0) is 15.1. The topological polar surface area (TPSA) is 130 Å². The van der Waals surface area contributed by atoms with Gasteiger partial charge in [0.25, 0.3) is 11.8 Å². The summed E-state index contributed by atoms with van der Waals surface area (Å²) >= 11 is 0. The summed E-state index contributed by atoms with van der Waals surface area (Å²) in [5.41, 5.74) is 5.10. The van der Waals surface area contributed by atoms with Crippen LogP contribution in [0.1, 0.15) is 19.3 Å². The van der Waals surface area contributed by atoms with Crippen LogP contribution in [0.25, 0.3) is 0 Å². The number of nitrogens with two attached hydrogens (primary N) is 1. The Hall–Kier alpha value is -2.22. The average molecular weight is 283 g/mol. The molecule has 0 spiro atoms.